The molecule has 118 valence electrons. The summed E-state index contributed by atoms with van der Waals surface area (Å²) in [6, 6.07) is 7.84. The van der Waals surface area contributed by atoms with Crippen molar-refractivity contribution >= 4 is 21.6 Å². The molecule has 8 heteroatoms. The van der Waals surface area contributed by atoms with Crippen LogP contribution in [0, 0.1) is 0 Å². The van der Waals surface area contributed by atoms with Crippen LogP contribution in [0.15, 0.2) is 41.4 Å². The molecule has 1 aromatic carbocycles. The Balaban J connectivity index is 2.18. The van der Waals surface area contributed by atoms with E-state index in [2.05, 4.69) is 10.4 Å². The Morgan fingerprint density at radius 3 is 2.41 bits per heavy atom. The maximum atomic E-state index is 12.5. The molecule has 0 saturated heterocycles. The molecule has 0 radical (unpaired) electrons. The van der Waals surface area contributed by atoms with E-state index in [4.69, 9.17) is 0 Å². The molecule has 1 amide bonds. The van der Waals surface area contributed by atoms with E-state index < -0.39 is 10.0 Å². The van der Waals surface area contributed by atoms with Crippen LogP contribution < -0.4 is 5.32 Å². The predicted molar refractivity (Wildman–Crippen MR) is 82.6 cm³/mol. The summed E-state index contributed by atoms with van der Waals surface area (Å²) in [5, 5.41) is 6.62. The van der Waals surface area contributed by atoms with Gasteiger partial charge in [0.2, 0.25) is 15.9 Å². The molecule has 0 fully saturated rings. The fourth-order valence-corrected chi connectivity index (χ4v) is 3.11. The van der Waals surface area contributed by atoms with Crippen molar-refractivity contribution in [1.29, 1.82) is 0 Å². The molecule has 0 unspecified atom stereocenters. The molecule has 2 aromatic rings. The van der Waals surface area contributed by atoms with Gasteiger partial charge >= 0.3 is 0 Å². The molecule has 0 saturated carbocycles. The van der Waals surface area contributed by atoms with Crippen LogP contribution in [0.25, 0.3) is 0 Å². The zero-order chi connectivity index (χ0) is 16.3. The van der Waals surface area contributed by atoms with Gasteiger partial charge in [-0.05, 0) is 30.3 Å². The summed E-state index contributed by atoms with van der Waals surface area (Å²) in [5.41, 5.74) is 1.35. The zero-order valence-corrected chi connectivity index (χ0v) is 13.5. The Hall–Kier alpha value is -2.19. The SMILES string of the molecule is CC(=O)Nc1ccc(S(=O)(=O)N(C)Cc2ccnn2C)cc1. The molecule has 22 heavy (non-hydrogen) atoms. The molecule has 0 bridgehead atoms. The van der Waals surface area contributed by atoms with Crippen molar-refractivity contribution in [3.05, 3.63) is 42.2 Å². The van der Waals surface area contributed by atoms with Gasteiger partial charge in [-0.3, -0.25) is 9.48 Å². The molecule has 2 rings (SSSR count). The van der Waals surface area contributed by atoms with Gasteiger partial charge in [-0.25, -0.2) is 8.42 Å². The van der Waals surface area contributed by atoms with Gasteiger partial charge in [-0.2, -0.15) is 9.40 Å². The number of anilines is 1. The van der Waals surface area contributed by atoms with Crippen LogP contribution in [0.3, 0.4) is 0 Å². The summed E-state index contributed by atoms with van der Waals surface area (Å²) in [6.45, 7) is 1.62. The Labute approximate surface area is 129 Å². The van der Waals surface area contributed by atoms with Crippen molar-refractivity contribution in [2.24, 2.45) is 7.05 Å². The average Bonchev–Trinajstić information content (AvgIpc) is 2.84. The minimum Gasteiger partial charge on any atom is -0.326 e. The smallest absolute Gasteiger partial charge is 0.243 e. The summed E-state index contributed by atoms with van der Waals surface area (Å²) in [4.78, 5) is 11.1. The Morgan fingerprint density at radius 1 is 1.27 bits per heavy atom. The van der Waals surface area contributed by atoms with Crippen LogP contribution in [-0.4, -0.2) is 35.5 Å². The second-order valence-electron chi connectivity index (χ2n) is 4.91. The molecule has 1 heterocycles. The number of hydrogen-bond acceptors (Lipinski definition) is 4. The number of carbonyl (C=O) groups is 1. The lowest BCUT2D eigenvalue weighted by Crippen LogP contribution is -2.27. The Morgan fingerprint density at radius 2 is 1.91 bits per heavy atom. The van der Waals surface area contributed by atoms with Crippen LogP contribution in [0.2, 0.25) is 0 Å². The Bertz CT molecular complexity index is 766. The molecule has 1 aromatic heterocycles. The highest BCUT2D eigenvalue weighted by atomic mass is 32.2. The lowest BCUT2D eigenvalue weighted by atomic mass is 10.3. The number of rotatable bonds is 5. The van der Waals surface area contributed by atoms with Crippen LogP contribution in [-0.2, 0) is 28.4 Å². The first-order chi connectivity index (χ1) is 10.3. The highest BCUT2D eigenvalue weighted by molar-refractivity contribution is 7.89. The van der Waals surface area contributed by atoms with E-state index in [1.165, 1.54) is 30.4 Å². The molecule has 1 N–H and O–H groups in total. The second-order valence-corrected chi connectivity index (χ2v) is 6.96. The number of benzene rings is 1. The number of carbonyl (C=O) groups excluding carboxylic acids is 1. The maximum absolute atomic E-state index is 12.5. The fraction of sp³-hybridized carbons (Fsp3) is 0.286. The van der Waals surface area contributed by atoms with Crippen molar-refractivity contribution in [2.75, 3.05) is 12.4 Å². The van der Waals surface area contributed by atoms with Crippen LogP contribution in [0.5, 0.6) is 0 Å². The van der Waals surface area contributed by atoms with Gasteiger partial charge in [0.1, 0.15) is 0 Å². The standard InChI is InChI=1S/C14H18N4O3S/c1-11(19)16-12-4-6-14(7-5-12)22(20,21)17(2)10-13-8-9-15-18(13)3/h4-9H,10H2,1-3H3,(H,16,19). The van der Waals surface area contributed by atoms with Crippen molar-refractivity contribution in [3.63, 3.8) is 0 Å². The Kier molecular flexibility index (Phi) is 4.62. The number of hydrogen-bond donors (Lipinski definition) is 1. The van der Waals surface area contributed by atoms with Gasteiger partial charge in [0.15, 0.2) is 0 Å². The summed E-state index contributed by atoms with van der Waals surface area (Å²) in [5.74, 6) is -0.205. The van der Waals surface area contributed by atoms with Crippen LogP contribution >= 0.6 is 0 Å². The summed E-state index contributed by atoms with van der Waals surface area (Å²) < 4.78 is 27.9. The normalized spacial score (nSPS) is 11.6. The lowest BCUT2D eigenvalue weighted by Gasteiger charge is -2.17. The molecule has 0 aliphatic heterocycles. The first-order valence-corrected chi connectivity index (χ1v) is 8.05. The van der Waals surface area contributed by atoms with Gasteiger partial charge in [0.25, 0.3) is 0 Å². The monoisotopic (exact) mass is 322 g/mol. The quantitative estimate of drug-likeness (QED) is 0.896. The van der Waals surface area contributed by atoms with E-state index in [-0.39, 0.29) is 17.3 Å². The third-order valence-corrected chi connectivity index (χ3v) is 5.01. The van der Waals surface area contributed by atoms with E-state index in [0.717, 1.165) is 5.69 Å². The lowest BCUT2D eigenvalue weighted by molar-refractivity contribution is -0.114. The highest BCUT2D eigenvalue weighted by Crippen LogP contribution is 2.19. The molecule has 0 atom stereocenters. The summed E-state index contributed by atoms with van der Waals surface area (Å²) in [6.07, 6.45) is 1.62. The topological polar surface area (TPSA) is 84.3 Å². The largest absolute Gasteiger partial charge is 0.326 e. The first-order valence-electron chi connectivity index (χ1n) is 6.61. The predicted octanol–water partition coefficient (Wildman–Crippen LogP) is 1.20. The highest BCUT2D eigenvalue weighted by Gasteiger charge is 2.21. The van der Waals surface area contributed by atoms with E-state index in [0.29, 0.717) is 5.69 Å². The van der Waals surface area contributed by atoms with Crippen molar-refractivity contribution in [1.82, 2.24) is 14.1 Å². The zero-order valence-electron chi connectivity index (χ0n) is 12.6. The van der Waals surface area contributed by atoms with Crippen molar-refractivity contribution in [3.8, 4) is 0 Å². The average molecular weight is 322 g/mol. The third kappa shape index (κ3) is 3.52. The van der Waals surface area contributed by atoms with Gasteiger partial charge in [-0.1, -0.05) is 0 Å². The molecule has 0 aliphatic carbocycles. The van der Waals surface area contributed by atoms with Crippen LogP contribution in [0.1, 0.15) is 12.6 Å². The van der Waals surface area contributed by atoms with E-state index in [1.54, 1.807) is 36.1 Å². The van der Waals surface area contributed by atoms with Gasteiger partial charge in [-0.15, -0.1) is 0 Å². The number of aryl methyl sites for hydroxylation is 1. The van der Waals surface area contributed by atoms with E-state index >= 15 is 0 Å². The van der Waals surface area contributed by atoms with Crippen LogP contribution in [0.4, 0.5) is 5.69 Å². The molecule has 0 spiro atoms. The number of sulfonamides is 1. The fourth-order valence-electron chi connectivity index (χ4n) is 1.96. The number of nitrogens with zero attached hydrogens (tertiary/aromatic N) is 3. The van der Waals surface area contributed by atoms with Gasteiger partial charge < -0.3 is 5.32 Å². The van der Waals surface area contributed by atoms with Gasteiger partial charge in [0, 0.05) is 32.9 Å². The van der Waals surface area contributed by atoms with E-state index in [1.807, 2.05) is 0 Å². The summed E-state index contributed by atoms with van der Waals surface area (Å²) >= 11 is 0. The number of amides is 1. The maximum Gasteiger partial charge on any atom is 0.243 e. The minimum atomic E-state index is -3.60. The minimum absolute atomic E-state index is 0.172. The number of nitrogens with one attached hydrogen (secondary N) is 1. The molecule has 0 aliphatic rings. The van der Waals surface area contributed by atoms with Gasteiger partial charge in [0.05, 0.1) is 17.1 Å². The third-order valence-electron chi connectivity index (χ3n) is 3.19. The van der Waals surface area contributed by atoms with Crippen molar-refractivity contribution < 1.29 is 13.2 Å². The molecular weight excluding hydrogens is 304 g/mol. The van der Waals surface area contributed by atoms with Crippen molar-refractivity contribution in [2.45, 2.75) is 18.4 Å². The first kappa shape index (κ1) is 16.2. The van der Waals surface area contributed by atoms with E-state index in [9.17, 15) is 13.2 Å². The molecule has 7 nitrogen and oxygen atoms in total. The second kappa shape index (κ2) is 6.29. The summed E-state index contributed by atoms with van der Waals surface area (Å²) in [7, 11) is -0.318. The molecular formula is C14H18N4O3S. The number of aromatic nitrogens is 2.